The lowest BCUT2D eigenvalue weighted by Crippen LogP contribution is -2.24. The summed E-state index contributed by atoms with van der Waals surface area (Å²) in [5.41, 5.74) is 0.730. The van der Waals surface area contributed by atoms with Gasteiger partial charge in [0.1, 0.15) is 0 Å². The van der Waals surface area contributed by atoms with Crippen LogP contribution in [0, 0.1) is 10.1 Å². The Bertz CT molecular complexity index is 451. The third-order valence-corrected chi connectivity index (χ3v) is 2.72. The van der Waals surface area contributed by atoms with Crippen molar-refractivity contribution in [2.75, 3.05) is 13.6 Å². The Morgan fingerprint density at radius 1 is 1.50 bits per heavy atom. The molecule has 6 nitrogen and oxygen atoms in total. The molecule has 0 spiro atoms. The highest BCUT2D eigenvalue weighted by Crippen LogP contribution is 2.22. The first-order chi connectivity index (χ1) is 8.54. The van der Waals surface area contributed by atoms with Crippen molar-refractivity contribution < 1.29 is 9.72 Å². The van der Waals surface area contributed by atoms with E-state index in [-0.39, 0.29) is 11.6 Å². The first-order valence-corrected chi connectivity index (χ1v) is 5.76. The maximum Gasteiger partial charge on any atom is 0.270 e. The van der Waals surface area contributed by atoms with Gasteiger partial charge in [-0.2, -0.15) is 0 Å². The Labute approximate surface area is 109 Å². The fourth-order valence-electron chi connectivity index (χ4n) is 1.34. The number of nitro groups is 1. The molecule has 0 fully saturated rings. The SMILES string of the molecule is CNC(=O)CCNCc1ccc([N+](=O)[O-])cc1Cl. The van der Waals surface area contributed by atoms with Crippen LogP contribution in [0.4, 0.5) is 5.69 Å². The molecule has 98 valence electrons. The van der Waals surface area contributed by atoms with Gasteiger partial charge in [0.05, 0.1) is 9.95 Å². The van der Waals surface area contributed by atoms with Gasteiger partial charge in [0.15, 0.2) is 0 Å². The molecule has 1 rings (SSSR count). The van der Waals surface area contributed by atoms with Crippen molar-refractivity contribution in [2.24, 2.45) is 0 Å². The minimum Gasteiger partial charge on any atom is -0.359 e. The number of amides is 1. The van der Waals surface area contributed by atoms with Gasteiger partial charge < -0.3 is 10.6 Å². The second-order valence-electron chi connectivity index (χ2n) is 3.63. The van der Waals surface area contributed by atoms with Crippen LogP contribution in [0.1, 0.15) is 12.0 Å². The predicted octanol–water partition coefficient (Wildman–Crippen LogP) is 1.47. The van der Waals surface area contributed by atoms with Crippen molar-refractivity contribution in [3.8, 4) is 0 Å². The van der Waals surface area contributed by atoms with Gasteiger partial charge in [-0.1, -0.05) is 11.6 Å². The van der Waals surface area contributed by atoms with Crippen molar-refractivity contribution in [1.29, 1.82) is 0 Å². The van der Waals surface area contributed by atoms with E-state index in [2.05, 4.69) is 10.6 Å². The van der Waals surface area contributed by atoms with Crippen LogP contribution in [0.2, 0.25) is 5.02 Å². The molecule has 0 aliphatic carbocycles. The number of benzene rings is 1. The summed E-state index contributed by atoms with van der Waals surface area (Å²) in [6.07, 6.45) is 0.376. The van der Waals surface area contributed by atoms with Gasteiger partial charge in [-0.25, -0.2) is 0 Å². The predicted molar refractivity (Wildman–Crippen MR) is 68.5 cm³/mol. The highest BCUT2D eigenvalue weighted by molar-refractivity contribution is 6.31. The topological polar surface area (TPSA) is 84.3 Å². The first-order valence-electron chi connectivity index (χ1n) is 5.38. The maximum absolute atomic E-state index is 11.0. The third-order valence-electron chi connectivity index (χ3n) is 2.37. The van der Waals surface area contributed by atoms with E-state index >= 15 is 0 Å². The Morgan fingerprint density at radius 3 is 2.78 bits per heavy atom. The molecule has 0 saturated heterocycles. The van der Waals surface area contributed by atoms with Gasteiger partial charge in [-0.15, -0.1) is 0 Å². The van der Waals surface area contributed by atoms with E-state index in [0.717, 1.165) is 5.56 Å². The van der Waals surface area contributed by atoms with E-state index in [1.54, 1.807) is 13.1 Å². The van der Waals surface area contributed by atoms with Crippen LogP contribution in [-0.2, 0) is 11.3 Å². The Balaban J connectivity index is 2.48. The quantitative estimate of drug-likeness (QED) is 0.466. The Kier molecular flexibility index (Phi) is 5.54. The molecule has 18 heavy (non-hydrogen) atoms. The molecular formula is C11H14ClN3O3. The molecule has 0 saturated carbocycles. The summed E-state index contributed by atoms with van der Waals surface area (Å²) in [7, 11) is 1.58. The molecule has 0 heterocycles. The third kappa shape index (κ3) is 4.31. The number of nitro benzene ring substituents is 1. The zero-order valence-electron chi connectivity index (χ0n) is 9.90. The average Bonchev–Trinajstić information content (AvgIpc) is 2.35. The van der Waals surface area contributed by atoms with Gasteiger partial charge >= 0.3 is 0 Å². The highest BCUT2D eigenvalue weighted by Gasteiger charge is 2.09. The minimum absolute atomic E-state index is 0.0332. The van der Waals surface area contributed by atoms with Crippen LogP contribution in [0.3, 0.4) is 0 Å². The molecular weight excluding hydrogens is 258 g/mol. The molecule has 0 unspecified atom stereocenters. The Hall–Kier alpha value is -1.66. The molecule has 7 heteroatoms. The summed E-state index contributed by atoms with van der Waals surface area (Å²) in [6, 6.07) is 4.33. The van der Waals surface area contributed by atoms with Crippen LogP contribution >= 0.6 is 11.6 Å². The molecule has 2 N–H and O–H groups in total. The number of hydrogen-bond acceptors (Lipinski definition) is 4. The summed E-state index contributed by atoms with van der Waals surface area (Å²) in [6.45, 7) is 0.987. The summed E-state index contributed by atoms with van der Waals surface area (Å²) in [5, 5.41) is 16.4. The first kappa shape index (κ1) is 14.4. The monoisotopic (exact) mass is 271 g/mol. The molecule has 0 aliphatic rings. The van der Waals surface area contributed by atoms with Gasteiger partial charge in [0, 0.05) is 38.7 Å². The van der Waals surface area contributed by atoms with Crippen LogP contribution in [0.5, 0.6) is 0 Å². The smallest absolute Gasteiger partial charge is 0.270 e. The summed E-state index contributed by atoms with van der Waals surface area (Å²) >= 11 is 5.92. The lowest BCUT2D eigenvalue weighted by molar-refractivity contribution is -0.384. The number of rotatable bonds is 6. The number of hydrogen-bond donors (Lipinski definition) is 2. The standard InChI is InChI=1S/C11H14ClN3O3/c1-13-11(16)4-5-14-7-8-2-3-9(15(17)18)6-10(8)12/h2-3,6,14H,4-5,7H2,1H3,(H,13,16). The molecule has 0 bridgehead atoms. The van der Waals surface area contributed by atoms with E-state index in [0.29, 0.717) is 24.5 Å². The number of halogens is 1. The fraction of sp³-hybridized carbons (Fsp3) is 0.364. The van der Waals surface area contributed by atoms with E-state index < -0.39 is 4.92 Å². The molecule has 1 aromatic carbocycles. The summed E-state index contributed by atoms with van der Waals surface area (Å²) in [4.78, 5) is 21.0. The van der Waals surface area contributed by atoms with Crippen molar-refractivity contribution in [2.45, 2.75) is 13.0 Å². The van der Waals surface area contributed by atoms with E-state index in [4.69, 9.17) is 11.6 Å². The molecule has 1 aromatic rings. The van der Waals surface area contributed by atoms with Gasteiger partial charge in [-0.05, 0) is 11.6 Å². The normalized spacial score (nSPS) is 10.1. The zero-order chi connectivity index (χ0) is 13.5. The number of carbonyl (C=O) groups is 1. The van der Waals surface area contributed by atoms with Crippen LogP contribution < -0.4 is 10.6 Å². The summed E-state index contributed by atoms with van der Waals surface area (Å²) in [5.74, 6) is -0.0442. The molecule has 0 aromatic heterocycles. The average molecular weight is 272 g/mol. The van der Waals surface area contributed by atoms with Crippen molar-refractivity contribution in [3.05, 3.63) is 38.9 Å². The van der Waals surface area contributed by atoms with E-state index in [1.807, 2.05) is 0 Å². The van der Waals surface area contributed by atoms with Crippen molar-refractivity contribution >= 4 is 23.2 Å². The fourth-order valence-corrected chi connectivity index (χ4v) is 1.58. The lowest BCUT2D eigenvalue weighted by Gasteiger charge is -2.06. The van der Waals surface area contributed by atoms with Crippen LogP contribution in [-0.4, -0.2) is 24.4 Å². The zero-order valence-corrected chi connectivity index (χ0v) is 10.7. The number of nitrogens with zero attached hydrogens (tertiary/aromatic N) is 1. The maximum atomic E-state index is 11.0. The lowest BCUT2D eigenvalue weighted by atomic mass is 10.2. The van der Waals surface area contributed by atoms with E-state index in [1.165, 1.54) is 12.1 Å². The number of carbonyl (C=O) groups excluding carboxylic acids is 1. The van der Waals surface area contributed by atoms with Gasteiger partial charge in [0.25, 0.3) is 5.69 Å². The molecule has 1 amide bonds. The molecule has 0 aliphatic heterocycles. The largest absolute Gasteiger partial charge is 0.359 e. The molecule has 0 atom stereocenters. The van der Waals surface area contributed by atoms with Crippen molar-refractivity contribution in [3.63, 3.8) is 0 Å². The minimum atomic E-state index is -0.491. The van der Waals surface area contributed by atoms with E-state index in [9.17, 15) is 14.9 Å². The Morgan fingerprint density at radius 2 is 2.22 bits per heavy atom. The summed E-state index contributed by atoms with van der Waals surface area (Å²) < 4.78 is 0. The van der Waals surface area contributed by atoms with Crippen molar-refractivity contribution in [1.82, 2.24) is 10.6 Å². The molecule has 0 radical (unpaired) electrons. The number of non-ortho nitro benzene ring substituents is 1. The van der Waals surface area contributed by atoms with Crippen LogP contribution in [0.25, 0.3) is 0 Å². The second kappa shape index (κ2) is 6.93. The van der Waals surface area contributed by atoms with Gasteiger partial charge in [-0.3, -0.25) is 14.9 Å². The number of nitrogens with one attached hydrogen (secondary N) is 2. The van der Waals surface area contributed by atoms with Gasteiger partial charge in [0.2, 0.25) is 5.91 Å². The highest BCUT2D eigenvalue weighted by atomic mass is 35.5. The van der Waals surface area contributed by atoms with Crippen LogP contribution in [0.15, 0.2) is 18.2 Å². The second-order valence-corrected chi connectivity index (χ2v) is 4.04.